The standard InChI is InChI=1S/C21H27NO/c1-7-8-10-15(2)16(3)19-17(11-9-14-22)12-13-18(20(19)23)21(4,5)6/h7,9,11-12,18,23H,1-3,8,10,13H2,4-6H3/b11-9+. The third-order valence-corrected chi connectivity index (χ3v) is 4.21. The Labute approximate surface area is 140 Å². The summed E-state index contributed by atoms with van der Waals surface area (Å²) >= 11 is 0. The molecule has 1 aliphatic rings. The summed E-state index contributed by atoms with van der Waals surface area (Å²) in [7, 11) is 0. The Morgan fingerprint density at radius 1 is 1.43 bits per heavy atom. The highest BCUT2D eigenvalue weighted by molar-refractivity contribution is 5.60. The Morgan fingerprint density at radius 3 is 2.61 bits per heavy atom. The molecular weight excluding hydrogens is 282 g/mol. The van der Waals surface area contributed by atoms with Crippen LogP contribution in [0.4, 0.5) is 0 Å². The Bertz CT molecular complexity index is 630. The average Bonchev–Trinajstić information content (AvgIpc) is 2.48. The molecule has 0 heterocycles. The zero-order chi connectivity index (χ0) is 17.6. The molecule has 0 aromatic heterocycles. The van der Waals surface area contributed by atoms with Crippen molar-refractivity contribution in [1.29, 1.82) is 5.26 Å². The van der Waals surface area contributed by atoms with E-state index >= 15 is 0 Å². The number of hydrogen-bond acceptors (Lipinski definition) is 2. The third kappa shape index (κ3) is 4.60. The molecule has 0 aromatic carbocycles. The fourth-order valence-corrected chi connectivity index (χ4v) is 2.76. The highest BCUT2D eigenvalue weighted by Crippen LogP contribution is 2.43. The first-order valence-electron chi connectivity index (χ1n) is 7.92. The van der Waals surface area contributed by atoms with E-state index in [-0.39, 0.29) is 11.3 Å². The maximum Gasteiger partial charge on any atom is 0.105 e. The number of aliphatic hydroxyl groups is 1. The highest BCUT2D eigenvalue weighted by Gasteiger charge is 2.33. The summed E-state index contributed by atoms with van der Waals surface area (Å²) < 4.78 is 0. The van der Waals surface area contributed by atoms with E-state index < -0.39 is 0 Å². The molecule has 1 atom stereocenters. The minimum Gasteiger partial charge on any atom is -0.511 e. The molecule has 1 aliphatic carbocycles. The van der Waals surface area contributed by atoms with Crippen LogP contribution in [0.3, 0.4) is 0 Å². The molecule has 0 aliphatic heterocycles. The maximum absolute atomic E-state index is 10.9. The molecule has 0 fully saturated rings. The summed E-state index contributed by atoms with van der Waals surface area (Å²) in [6.07, 6.45) is 9.40. The smallest absolute Gasteiger partial charge is 0.105 e. The van der Waals surface area contributed by atoms with Crippen molar-refractivity contribution in [1.82, 2.24) is 0 Å². The fraction of sp³-hybridized carbons (Fsp3) is 0.381. The van der Waals surface area contributed by atoms with E-state index in [1.807, 2.05) is 12.1 Å². The van der Waals surface area contributed by atoms with Crippen LogP contribution in [-0.2, 0) is 0 Å². The summed E-state index contributed by atoms with van der Waals surface area (Å²) in [5, 5.41) is 19.7. The Kier molecular flexibility index (Phi) is 6.39. The molecule has 1 rings (SSSR count). The third-order valence-electron chi connectivity index (χ3n) is 4.21. The van der Waals surface area contributed by atoms with Gasteiger partial charge in [-0.05, 0) is 47.5 Å². The van der Waals surface area contributed by atoms with Gasteiger partial charge in [-0.25, -0.2) is 0 Å². The minimum absolute atomic E-state index is 0.0284. The topological polar surface area (TPSA) is 44.0 Å². The van der Waals surface area contributed by atoms with Crippen LogP contribution in [0.5, 0.6) is 0 Å². The van der Waals surface area contributed by atoms with E-state index in [4.69, 9.17) is 5.26 Å². The molecule has 0 radical (unpaired) electrons. The molecule has 0 aromatic rings. The maximum atomic E-state index is 10.9. The number of rotatable bonds is 6. The van der Waals surface area contributed by atoms with Gasteiger partial charge in [-0.3, -0.25) is 0 Å². The van der Waals surface area contributed by atoms with Crippen LogP contribution in [0.2, 0.25) is 0 Å². The zero-order valence-corrected chi connectivity index (χ0v) is 14.5. The molecule has 0 bridgehead atoms. The van der Waals surface area contributed by atoms with Crippen LogP contribution in [0.1, 0.15) is 40.0 Å². The highest BCUT2D eigenvalue weighted by atomic mass is 16.3. The number of nitrogens with zero attached hydrogens (tertiary/aromatic N) is 1. The summed E-state index contributed by atoms with van der Waals surface area (Å²) in [6, 6.07) is 2.00. The lowest BCUT2D eigenvalue weighted by atomic mass is 9.71. The van der Waals surface area contributed by atoms with Crippen molar-refractivity contribution >= 4 is 0 Å². The van der Waals surface area contributed by atoms with Crippen LogP contribution in [0, 0.1) is 22.7 Å². The molecule has 23 heavy (non-hydrogen) atoms. The number of allylic oxidation sites excluding steroid dienone is 9. The molecule has 122 valence electrons. The summed E-state index contributed by atoms with van der Waals surface area (Å²) in [5.41, 5.74) is 3.13. The van der Waals surface area contributed by atoms with Gasteiger partial charge in [-0.1, -0.05) is 46.1 Å². The quantitative estimate of drug-likeness (QED) is 0.374. The van der Waals surface area contributed by atoms with Gasteiger partial charge < -0.3 is 5.11 Å². The van der Waals surface area contributed by atoms with Crippen LogP contribution in [-0.4, -0.2) is 5.11 Å². The molecule has 0 saturated heterocycles. The molecule has 0 spiro atoms. The molecule has 1 N–H and O–H groups in total. The van der Waals surface area contributed by atoms with Gasteiger partial charge >= 0.3 is 0 Å². The summed E-state index contributed by atoms with van der Waals surface area (Å²) in [5.74, 6) is 0.378. The fourth-order valence-electron chi connectivity index (χ4n) is 2.76. The van der Waals surface area contributed by atoms with Gasteiger partial charge in [0.25, 0.3) is 0 Å². The van der Waals surface area contributed by atoms with E-state index in [1.165, 1.54) is 6.08 Å². The summed E-state index contributed by atoms with van der Waals surface area (Å²) in [4.78, 5) is 0. The van der Waals surface area contributed by atoms with Crippen molar-refractivity contribution in [2.45, 2.75) is 40.0 Å². The lowest BCUT2D eigenvalue weighted by Gasteiger charge is -2.34. The van der Waals surface area contributed by atoms with Crippen molar-refractivity contribution in [2.75, 3.05) is 0 Å². The molecule has 1 unspecified atom stereocenters. The van der Waals surface area contributed by atoms with Crippen molar-refractivity contribution in [2.24, 2.45) is 11.3 Å². The number of aliphatic hydroxyl groups excluding tert-OH is 1. The van der Waals surface area contributed by atoms with Crippen LogP contribution in [0.15, 0.2) is 72.1 Å². The van der Waals surface area contributed by atoms with E-state index in [2.05, 4.69) is 46.6 Å². The van der Waals surface area contributed by atoms with Gasteiger partial charge in [-0.2, -0.15) is 5.26 Å². The molecule has 0 saturated carbocycles. The zero-order valence-electron chi connectivity index (χ0n) is 14.5. The molecule has 2 nitrogen and oxygen atoms in total. The Balaban J connectivity index is 3.29. The van der Waals surface area contributed by atoms with Crippen molar-refractivity contribution < 1.29 is 5.11 Å². The lowest BCUT2D eigenvalue weighted by Crippen LogP contribution is -2.26. The Morgan fingerprint density at radius 2 is 2.09 bits per heavy atom. The van der Waals surface area contributed by atoms with Crippen molar-refractivity contribution in [3.63, 3.8) is 0 Å². The first kappa shape index (κ1) is 18.8. The average molecular weight is 309 g/mol. The summed E-state index contributed by atoms with van der Waals surface area (Å²) in [6.45, 7) is 18.3. The first-order valence-corrected chi connectivity index (χ1v) is 7.92. The van der Waals surface area contributed by atoms with Gasteiger partial charge in [0, 0.05) is 17.6 Å². The van der Waals surface area contributed by atoms with Gasteiger partial charge in [0.1, 0.15) is 5.76 Å². The van der Waals surface area contributed by atoms with Crippen LogP contribution in [0.25, 0.3) is 0 Å². The second kappa shape index (κ2) is 7.83. The second-order valence-electron chi connectivity index (χ2n) is 6.95. The SMILES string of the molecule is C=CCCC(=C)C(=C)C1=C(O)C(C(C)(C)C)CC=C1/C=C/C#N. The van der Waals surface area contributed by atoms with E-state index in [0.29, 0.717) is 5.76 Å². The normalized spacial score (nSPS) is 18.5. The van der Waals surface area contributed by atoms with Gasteiger partial charge in [0.05, 0.1) is 6.07 Å². The van der Waals surface area contributed by atoms with E-state index in [9.17, 15) is 5.11 Å². The number of hydrogen-bond donors (Lipinski definition) is 1. The van der Waals surface area contributed by atoms with Gasteiger partial charge in [0.2, 0.25) is 0 Å². The molecule has 0 amide bonds. The second-order valence-corrected chi connectivity index (χ2v) is 6.95. The minimum atomic E-state index is -0.0565. The van der Waals surface area contributed by atoms with Gasteiger partial charge in [0.15, 0.2) is 0 Å². The van der Waals surface area contributed by atoms with E-state index in [0.717, 1.165) is 41.6 Å². The van der Waals surface area contributed by atoms with Crippen LogP contribution >= 0.6 is 0 Å². The largest absolute Gasteiger partial charge is 0.511 e. The van der Waals surface area contributed by atoms with Crippen LogP contribution < -0.4 is 0 Å². The Hall–Kier alpha value is -2.27. The molecule has 2 heteroatoms. The van der Waals surface area contributed by atoms with Gasteiger partial charge in [-0.15, -0.1) is 6.58 Å². The lowest BCUT2D eigenvalue weighted by molar-refractivity contribution is 0.197. The first-order chi connectivity index (χ1) is 10.7. The van der Waals surface area contributed by atoms with E-state index in [1.54, 1.807) is 6.08 Å². The molecular formula is C21H27NO. The van der Waals surface area contributed by atoms with Crippen molar-refractivity contribution in [3.8, 4) is 6.07 Å². The van der Waals surface area contributed by atoms with Crippen molar-refractivity contribution in [3.05, 3.63) is 72.1 Å². The predicted molar refractivity (Wildman–Crippen MR) is 97.8 cm³/mol. The monoisotopic (exact) mass is 309 g/mol. The predicted octanol–water partition coefficient (Wildman–Crippen LogP) is 5.95. The number of nitriles is 1.